The van der Waals surface area contributed by atoms with Crippen LogP contribution >= 0.6 is 27.3 Å². The zero-order valence-corrected chi connectivity index (χ0v) is 9.66. The van der Waals surface area contributed by atoms with Crippen molar-refractivity contribution in [1.29, 1.82) is 0 Å². The summed E-state index contributed by atoms with van der Waals surface area (Å²) in [6.07, 6.45) is 2.64. The smallest absolute Gasteiger partial charge is 0.131 e. The molecular weight excluding hydrogens is 250 g/mol. The van der Waals surface area contributed by atoms with Crippen LogP contribution in [-0.4, -0.2) is 19.2 Å². The highest BCUT2D eigenvalue weighted by Gasteiger charge is 2.14. The quantitative estimate of drug-likeness (QED) is 0.884. The number of hydrogen-bond acceptors (Lipinski definition) is 3. The number of halogens is 1. The second-order valence-electron chi connectivity index (χ2n) is 3.15. The van der Waals surface area contributed by atoms with E-state index in [-0.39, 0.29) is 0 Å². The van der Waals surface area contributed by atoms with Crippen molar-refractivity contribution in [2.24, 2.45) is 0 Å². The highest BCUT2D eigenvalue weighted by Crippen LogP contribution is 2.27. The number of piperidine rings is 1. The van der Waals surface area contributed by atoms with Gasteiger partial charge in [-0.25, -0.2) is 0 Å². The molecule has 0 bridgehead atoms. The lowest BCUT2D eigenvalue weighted by molar-refractivity contribution is 0.163. The van der Waals surface area contributed by atoms with E-state index in [1.165, 1.54) is 0 Å². The molecule has 0 aromatic carbocycles. The number of rotatable bonds is 2. The molecule has 0 spiro atoms. The number of thiophene rings is 1. The van der Waals surface area contributed by atoms with Gasteiger partial charge in [0.2, 0.25) is 0 Å². The van der Waals surface area contributed by atoms with E-state index in [1.54, 1.807) is 11.3 Å². The fraction of sp³-hybridized carbons (Fsp3) is 0.556. The van der Waals surface area contributed by atoms with Crippen LogP contribution in [0, 0.1) is 0 Å². The number of nitrogens with one attached hydrogen (secondary N) is 1. The summed E-state index contributed by atoms with van der Waals surface area (Å²) in [4.78, 5) is 0. The molecule has 1 N–H and O–H groups in total. The Kier molecular flexibility index (Phi) is 3.24. The summed E-state index contributed by atoms with van der Waals surface area (Å²) in [5, 5.41) is 5.37. The highest BCUT2D eigenvalue weighted by atomic mass is 79.9. The maximum Gasteiger partial charge on any atom is 0.131 e. The van der Waals surface area contributed by atoms with Gasteiger partial charge in [0.1, 0.15) is 11.9 Å². The molecule has 1 aliphatic rings. The maximum absolute atomic E-state index is 5.82. The van der Waals surface area contributed by atoms with Gasteiger partial charge in [-0.3, -0.25) is 0 Å². The number of ether oxygens (including phenoxy) is 1. The molecule has 0 unspecified atom stereocenters. The first-order chi connectivity index (χ1) is 6.34. The Balaban J connectivity index is 1.89. The van der Waals surface area contributed by atoms with E-state index in [4.69, 9.17) is 4.74 Å². The Hall–Kier alpha value is -0.0600. The summed E-state index contributed by atoms with van der Waals surface area (Å²) < 4.78 is 6.95. The van der Waals surface area contributed by atoms with Crippen molar-refractivity contribution in [2.45, 2.75) is 18.9 Å². The highest BCUT2D eigenvalue weighted by molar-refractivity contribution is 9.11. The molecule has 72 valence electrons. The van der Waals surface area contributed by atoms with Gasteiger partial charge in [-0.2, -0.15) is 0 Å². The van der Waals surface area contributed by atoms with Gasteiger partial charge in [-0.1, -0.05) is 0 Å². The van der Waals surface area contributed by atoms with Gasteiger partial charge in [0.25, 0.3) is 0 Å². The molecule has 2 heterocycles. The minimum absolute atomic E-state index is 0.405. The van der Waals surface area contributed by atoms with Crippen molar-refractivity contribution in [1.82, 2.24) is 5.32 Å². The first kappa shape index (κ1) is 9.49. The average molecular weight is 262 g/mol. The van der Waals surface area contributed by atoms with E-state index in [2.05, 4.69) is 21.2 Å². The van der Waals surface area contributed by atoms with E-state index in [9.17, 15) is 0 Å². The third-order valence-corrected chi connectivity index (χ3v) is 3.62. The lowest BCUT2D eigenvalue weighted by Gasteiger charge is -2.23. The lowest BCUT2D eigenvalue weighted by Crippen LogP contribution is -2.34. The van der Waals surface area contributed by atoms with Crippen LogP contribution in [0.15, 0.2) is 15.2 Å². The van der Waals surface area contributed by atoms with Crippen molar-refractivity contribution in [3.8, 4) is 5.75 Å². The second-order valence-corrected chi connectivity index (χ2v) is 5.44. The van der Waals surface area contributed by atoms with Gasteiger partial charge < -0.3 is 10.1 Å². The van der Waals surface area contributed by atoms with Crippen molar-refractivity contribution < 1.29 is 4.74 Å². The van der Waals surface area contributed by atoms with E-state index >= 15 is 0 Å². The molecule has 0 radical (unpaired) electrons. The van der Waals surface area contributed by atoms with Crippen molar-refractivity contribution in [2.75, 3.05) is 13.1 Å². The van der Waals surface area contributed by atoms with Crippen molar-refractivity contribution in [3.63, 3.8) is 0 Å². The van der Waals surface area contributed by atoms with Crippen LogP contribution in [-0.2, 0) is 0 Å². The van der Waals surface area contributed by atoms with Gasteiger partial charge in [-0.05, 0) is 41.9 Å². The normalized spacial score (nSPS) is 18.8. The molecule has 13 heavy (non-hydrogen) atoms. The molecule has 2 nitrogen and oxygen atoms in total. The number of hydrogen-bond donors (Lipinski definition) is 1. The molecule has 0 saturated carbocycles. The largest absolute Gasteiger partial charge is 0.489 e. The molecule has 0 amide bonds. The monoisotopic (exact) mass is 261 g/mol. The van der Waals surface area contributed by atoms with Crippen LogP contribution < -0.4 is 10.1 Å². The summed E-state index contributed by atoms with van der Waals surface area (Å²) in [7, 11) is 0. The van der Waals surface area contributed by atoms with Gasteiger partial charge in [0.15, 0.2) is 0 Å². The summed E-state index contributed by atoms with van der Waals surface area (Å²) >= 11 is 5.09. The third kappa shape index (κ3) is 2.69. The van der Waals surface area contributed by atoms with E-state index in [0.29, 0.717) is 6.10 Å². The molecule has 1 aromatic rings. The first-order valence-corrected chi connectivity index (χ1v) is 6.13. The van der Waals surface area contributed by atoms with Gasteiger partial charge in [0.05, 0.1) is 3.79 Å². The van der Waals surface area contributed by atoms with Crippen LogP contribution in [0.3, 0.4) is 0 Å². The fourth-order valence-electron chi connectivity index (χ4n) is 1.46. The van der Waals surface area contributed by atoms with Crippen LogP contribution in [0.5, 0.6) is 5.75 Å². The third-order valence-electron chi connectivity index (χ3n) is 2.13. The van der Waals surface area contributed by atoms with Crippen LogP contribution in [0.2, 0.25) is 0 Å². The molecule has 1 saturated heterocycles. The second kappa shape index (κ2) is 4.44. The Morgan fingerprint density at radius 1 is 1.46 bits per heavy atom. The minimum atomic E-state index is 0.405. The van der Waals surface area contributed by atoms with Gasteiger partial charge in [-0.15, -0.1) is 11.3 Å². The Morgan fingerprint density at radius 3 is 2.85 bits per heavy atom. The molecule has 0 aliphatic carbocycles. The summed E-state index contributed by atoms with van der Waals surface area (Å²) in [6.45, 7) is 2.16. The molecule has 4 heteroatoms. The zero-order chi connectivity index (χ0) is 9.10. The van der Waals surface area contributed by atoms with Gasteiger partial charge >= 0.3 is 0 Å². The first-order valence-electron chi connectivity index (χ1n) is 4.46. The van der Waals surface area contributed by atoms with Crippen LogP contribution in [0.4, 0.5) is 0 Å². The summed E-state index contributed by atoms with van der Waals surface area (Å²) in [6, 6.07) is 2.03. The SMILES string of the molecule is Brc1cc(OC2CCNCC2)cs1. The Labute approximate surface area is 90.4 Å². The molecule has 0 atom stereocenters. The predicted molar refractivity (Wildman–Crippen MR) is 58.5 cm³/mol. The van der Waals surface area contributed by atoms with Crippen molar-refractivity contribution >= 4 is 27.3 Å². The molecular formula is C9H12BrNOS. The maximum atomic E-state index is 5.82. The molecule has 1 aliphatic heterocycles. The molecule has 2 rings (SSSR count). The van der Waals surface area contributed by atoms with Crippen LogP contribution in [0.1, 0.15) is 12.8 Å². The lowest BCUT2D eigenvalue weighted by atomic mass is 10.1. The van der Waals surface area contributed by atoms with E-state index in [1.807, 2.05) is 11.4 Å². The Morgan fingerprint density at radius 2 is 2.23 bits per heavy atom. The summed E-state index contributed by atoms with van der Waals surface area (Å²) in [5.74, 6) is 1.00. The predicted octanol–water partition coefficient (Wildman–Crippen LogP) is 2.64. The van der Waals surface area contributed by atoms with E-state index in [0.717, 1.165) is 35.5 Å². The zero-order valence-electron chi connectivity index (χ0n) is 7.25. The summed E-state index contributed by atoms with van der Waals surface area (Å²) in [5.41, 5.74) is 0. The van der Waals surface area contributed by atoms with E-state index < -0.39 is 0 Å². The Bertz CT molecular complexity index is 270. The molecule has 1 aromatic heterocycles. The molecule has 1 fully saturated rings. The minimum Gasteiger partial charge on any atom is -0.489 e. The average Bonchev–Trinajstić information content (AvgIpc) is 2.53. The topological polar surface area (TPSA) is 21.3 Å². The standard InChI is InChI=1S/C9H12BrNOS/c10-9-5-8(6-13-9)12-7-1-3-11-4-2-7/h5-7,11H,1-4H2. The van der Waals surface area contributed by atoms with Crippen LogP contribution in [0.25, 0.3) is 0 Å². The van der Waals surface area contributed by atoms with Crippen molar-refractivity contribution in [3.05, 3.63) is 15.2 Å². The fourth-order valence-corrected chi connectivity index (χ4v) is 2.50. The van der Waals surface area contributed by atoms with Gasteiger partial charge in [0, 0.05) is 11.4 Å².